The van der Waals surface area contributed by atoms with Crippen LogP contribution < -0.4 is 10.1 Å². The topological polar surface area (TPSA) is 33.7 Å². The molecule has 1 aromatic carbocycles. The summed E-state index contributed by atoms with van der Waals surface area (Å²) in [6, 6.07) is 5.72. The van der Waals surface area contributed by atoms with Gasteiger partial charge in [0, 0.05) is 32.2 Å². The lowest BCUT2D eigenvalue weighted by molar-refractivity contribution is 0.0322. The molecule has 106 valence electrons. The van der Waals surface area contributed by atoms with Gasteiger partial charge in [0.2, 0.25) is 0 Å². The molecule has 0 aromatic heterocycles. The third kappa shape index (κ3) is 4.56. The van der Waals surface area contributed by atoms with E-state index in [9.17, 15) is 0 Å². The second kappa shape index (κ2) is 7.58. The van der Waals surface area contributed by atoms with E-state index < -0.39 is 0 Å². The van der Waals surface area contributed by atoms with E-state index in [1.54, 1.807) is 0 Å². The first-order chi connectivity index (χ1) is 9.29. The average Bonchev–Trinajstić information content (AvgIpc) is 2.44. The lowest BCUT2D eigenvalue weighted by atomic mass is 10.3. The van der Waals surface area contributed by atoms with E-state index in [0.717, 1.165) is 55.9 Å². The van der Waals surface area contributed by atoms with Crippen molar-refractivity contribution >= 4 is 17.3 Å². The Morgan fingerprint density at radius 3 is 2.89 bits per heavy atom. The minimum atomic E-state index is 0.688. The van der Waals surface area contributed by atoms with Crippen molar-refractivity contribution < 1.29 is 9.47 Å². The fourth-order valence-corrected chi connectivity index (χ4v) is 2.22. The summed E-state index contributed by atoms with van der Waals surface area (Å²) in [5.41, 5.74) is 0.924. The maximum absolute atomic E-state index is 6.09. The van der Waals surface area contributed by atoms with Gasteiger partial charge in [-0.1, -0.05) is 11.6 Å². The van der Waals surface area contributed by atoms with E-state index in [1.165, 1.54) is 0 Å². The Balaban J connectivity index is 1.80. The number of anilines is 1. The van der Waals surface area contributed by atoms with Crippen LogP contribution in [-0.2, 0) is 4.74 Å². The molecule has 0 aliphatic carbocycles. The number of hydrogen-bond donors (Lipinski definition) is 1. The molecule has 1 aromatic rings. The Morgan fingerprint density at radius 2 is 2.16 bits per heavy atom. The molecule has 0 saturated carbocycles. The Hall–Kier alpha value is -0.970. The van der Waals surface area contributed by atoms with Crippen LogP contribution in [0.25, 0.3) is 0 Å². The normalized spacial score (nSPS) is 16.3. The van der Waals surface area contributed by atoms with E-state index >= 15 is 0 Å². The van der Waals surface area contributed by atoms with Gasteiger partial charge in [-0.25, -0.2) is 0 Å². The number of hydrogen-bond acceptors (Lipinski definition) is 4. The molecule has 0 amide bonds. The van der Waals surface area contributed by atoms with Gasteiger partial charge in [-0.2, -0.15) is 0 Å². The van der Waals surface area contributed by atoms with Crippen molar-refractivity contribution in [1.82, 2.24) is 4.90 Å². The first-order valence-electron chi connectivity index (χ1n) is 6.76. The van der Waals surface area contributed by atoms with Crippen molar-refractivity contribution in [2.24, 2.45) is 0 Å². The number of rotatable bonds is 6. The summed E-state index contributed by atoms with van der Waals surface area (Å²) < 4.78 is 11.1. The number of nitrogens with zero attached hydrogens (tertiary/aromatic N) is 1. The zero-order valence-electron chi connectivity index (χ0n) is 11.3. The van der Waals surface area contributed by atoms with Crippen LogP contribution in [0, 0.1) is 0 Å². The number of halogens is 1. The molecule has 19 heavy (non-hydrogen) atoms. The summed E-state index contributed by atoms with van der Waals surface area (Å²) in [6.07, 6.45) is 0. The predicted molar refractivity (Wildman–Crippen MR) is 78.4 cm³/mol. The number of benzene rings is 1. The lowest BCUT2D eigenvalue weighted by Gasteiger charge is -2.26. The quantitative estimate of drug-likeness (QED) is 0.870. The molecule has 5 heteroatoms. The van der Waals surface area contributed by atoms with Gasteiger partial charge in [-0.15, -0.1) is 0 Å². The summed E-state index contributed by atoms with van der Waals surface area (Å²) in [5, 5.41) is 3.94. The van der Waals surface area contributed by atoms with Gasteiger partial charge < -0.3 is 14.8 Å². The average molecular weight is 285 g/mol. The second-order valence-corrected chi connectivity index (χ2v) is 4.88. The maximum atomic E-state index is 6.09. The molecular formula is C14H21ClN2O2. The van der Waals surface area contributed by atoms with Crippen molar-refractivity contribution in [3.05, 3.63) is 23.2 Å². The van der Waals surface area contributed by atoms with Crippen LogP contribution in [0.2, 0.25) is 5.02 Å². The Morgan fingerprint density at radius 1 is 1.37 bits per heavy atom. The predicted octanol–water partition coefficient (Wildman–Crippen LogP) is 2.48. The van der Waals surface area contributed by atoms with Gasteiger partial charge in [-0.05, 0) is 19.1 Å². The molecule has 1 N–H and O–H groups in total. The number of ether oxygens (including phenoxy) is 2. The van der Waals surface area contributed by atoms with Gasteiger partial charge >= 0.3 is 0 Å². The van der Waals surface area contributed by atoms with Crippen molar-refractivity contribution in [1.29, 1.82) is 0 Å². The fraction of sp³-hybridized carbons (Fsp3) is 0.571. The third-order valence-electron chi connectivity index (χ3n) is 3.09. The molecule has 1 fully saturated rings. The highest BCUT2D eigenvalue weighted by Crippen LogP contribution is 2.26. The van der Waals surface area contributed by atoms with E-state index in [1.807, 2.05) is 25.1 Å². The monoisotopic (exact) mass is 284 g/mol. The van der Waals surface area contributed by atoms with Crippen LogP contribution in [0.3, 0.4) is 0 Å². The molecule has 4 nitrogen and oxygen atoms in total. The molecule has 0 spiro atoms. The van der Waals surface area contributed by atoms with E-state index in [4.69, 9.17) is 21.1 Å². The second-order valence-electron chi connectivity index (χ2n) is 4.47. The first kappa shape index (κ1) is 14.4. The van der Waals surface area contributed by atoms with Crippen molar-refractivity contribution in [2.45, 2.75) is 6.92 Å². The fourth-order valence-electron chi connectivity index (χ4n) is 2.04. The zero-order valence-corrected chi connectivity index (χ0v) is 12.1. The molecule has 0 unspecified atom stereocenters. The van der Waals surface area contributed by atoms with Crippen LogP contribution in [0.5, 0.6) is 5.75 Å². The van der Waals surface area contributed by atoms with Crippen molar-refractivity contribution in [2.75, 3.05) is 51.3 Å². The zero-order chi connectivity index (χ0) is 13.5. The lowest BCUT2D eigenvalue weighted by Crippen LogP contribution is -2.38. The standard InChI is InChI=1S/C14H21ClN2O2/c1-2-16-14-11-12(3-4-13(14)15)19-10-7-17-5-8-18-9-6-17/h3-4,11,16H,2,5-10H2,1H3. The number of morpholine rings is 1. The Kier molecular flexibility index (Phi) is 5.76. The van der Waals surface area contributed by atoms with Gasteiger partial charge in [0.25, 0.3) is 0 Å². The summed E-state index contributed by atoms with van der Waals surface area (Å²) in [6.45, 7) is 8.14. The van der Waals surface area contributed by atoms with Gasteiger partial charge in [0.1, 0.15) is 12.4 Å². The SMILES string of the molecule is CCNc1cc(OCCN2CCOCC2)ccc1Cl. The summed E-state index contributed by atoms with van der Waals surface area (Å²) in [5.74, 6) is 0.855. The molecule has 0 bridgehead atoms. The summed E-state index contributed by atoms with van der Waals surface area (Å²) >= 11 is 6.09. The summed E-state index contributed by atoms with van der Waals surface area (Å²) in [4.78, 5) is 2.35. The highest BCUT2D eigenvalue weighted by atomic mass is 35.5. The highest BCUT2D eigenvalue weighted by Gasteiger charge is 2.10. The van der Waals surface area contributed by atoms with Crippen LogP contribution in [0.15, 0.2) is 18.2 Å². The van der Waals surface area contributed by atoms with Crippen molar-refractivity contribution in [3.8, 4) is 5.75 Å². The van der Waals surface area contributed by atoms with Crippen molar-refractivity contribution in [3.63, 3.8) is 0 Å². The van der Waals surface area contributed by atoms with Crippen LogP contribution in [0.4, 0.5) is 5.69 Å². The van der Waals surface area contributed by atoms with E-state index in [0.29, 0.717) is 6.61 Å². The molecule has 2 rings (SSSR count). The molecule has 1 saturated heterocycles. The molecule has 0 radical (unpaired) electrons. The van der Waals surface area contributed by atoms with Crippen LogP contribution in [-0.4, -0.2) is 50.9 Å². The maximum Gasteiger partial charge on any atom is 0.121 e. The van der Waals surface area contributed by atoms with Gasteiger partial charge in [-0.3, -0.25) is 4.90 Å². The summed E-state index contributed by atoms with van der Waals surface area (Å²) in [7, 11) is 0. The van der Waals surface area contributed by atoms with E-state index in [-0.39, 0.29) is 0 Å². The molecular weight excluding hydrogens is 264 g/mol. The third-order valence-corrected chi connectivity index (χ3v) is 3.41. The molecule has 1 heterocycles. The first-order valence-corrected chi connectivity index (χ1v) is 7.13. The largest absolute Gasteiger partial charge is 0.492 e. The van der Waals surface area contributed by atoms with E-state index in [2.05, 4.69) is 10.2 Å². The van der Waals surface area contributed by atoms with Gasteiger partial charge in [0.05, 0.1) is 23.9 Å². The molecule has 1 aliphatic rings. The van der Waals surface area contributed by atoms with Crippen LogP contribution in [0.1, 0.15) is 6.92 Å². The van der Waals surface area contributed by atoms with Crippen LogP contribution >= 0.6 is 11.6 Å². The van der Waals surface area contributed by atoms with Gasteiger partial charge in [0.15, 0.2) is 0 Å². The number of nitrogens with one attached hydrogen (secondary N) is 1. The smallest absolute Gasteiger partial charge is 0.121 e. The Labute approximate surface area is 119 Å². The molecule has 1 aliphatic heterocycles. The minimum Gasteiger partial charge on any atom is -0.492 e. The minimum absolute atomic E-state index is 0.688. The Bertz CT molecular complexity index is 395. The highest BCUT2D eigenvalue weighted by molar-refractivity contribution is 6.33. The molecule has 0 atom stereocenters.